The van der Waals surface area contributed by atoms with Crippen molar-refractivity contribution >= 4 is 5.91 Å². The van der Waals surface area contributed by atoms with E-state index in [1.807, 2.05) is 30.0 Å². The number of nitrogens with zero attached hydrogens (tertiary/aromatic N) is 3. The van der Waals surface area contributed by atoms with Crippen LogP contribution in [0.25, 0.3) is 0 Å². The first kappa shape index (κ1) is 14.7. The first-order valence-corrected chi connectivity index (χ1v) is 7.70. The highest BCUT2D eigenvalue weighted by Gasteiger charge is 2.22. The molecule has 2 heterocycles. The molecule has 114 valence electrons. The first-order valence-electron chi connectivity index (χ1n) is 7.70. The maximum Gasteiger partial charge on any atom is 0.255 e. The number of hydrogen-bond acceptors (Lipinski definition) is 3. The molecule has 0 aliphatic carbocycles. The lowest BCUT2D eigenvalue weighted by atomic mass is 10.2. The lowest BCUT2D eigenvalue weighted by Gasteiger charge is -2.34. The van der Waals surface area contributed by atoms with Gasteiger partial charge in [-0.2, -0.15) is 0 Å². The van der Waals surface area contributed by atoms with Gasteiger partial charge >= 0.3 is 0 Å². The molecule has 0 atom stereocenters. The zero-order chi connectivity index (χ0) is 15.4. The second-order valence-electron chi connectivity index (χ2n) is 5.74. The van der Waals surface area contributed by atoms with Crippen LogP contribution < -0.4 is 0 Å². The van der Waals surface area contributed by atoms with Crippen LogP contribution in [0.4, 0.5) is 0 Å². The molecule has 1 aliphatic rings. The predicted octanol–water partition coefficient (Wildman–Crippen LogP) is 2.35. The zero-order valence-corrected chi connectivity index (χ0v) is 12.9. The SMILES string of the molecule is Cc1ccc(C(=O)N2CCN(Cc3ccccc3)CC2)cn1. The van der Waals surface area contributed by atoms with Crippen molar-refractivity contribution in [3.05, 3.63) is 65.5 Å². The predicted molar refractivity (Wildman–Crippen MR) is 86.6 cm³/mol. The molecular weight excluding hydrogens is 274 g/mol. The summed E-state index contributed by atoms with van der Waals surface area (Å²) in [6, 6.07) is 14.2. The number of aryl methyl sites for hydroxylation is 1. The fourth-order valence-electron chi connectivity index (χ4n) is 2.73. The number of amides is 1. The van der Waals surface area contributed by atoms with Gasteiger partial charge in [-0.3, -0.25) is 14.7 Å². The van der Waals surface area contributed by atoms with Crippen LogP contribution in [0, 0.1) is 6.92 Å². The summed E-state index contributed by atoms with van der Waals surface area (Å²) in [7, 11) is 0. The molecule has 0 spiro atoms. The van der Waals surface area contributed by atoms with Gasteiger partial charge < -0.3 is 4.90 Å². The van der Waals surface area contributed by atoms with Gasteiger partial charge in [-0.15, -0.1) is 0 Å². The van der Waals surface area contributed by atoms with Crippen molar-refractivity contribution in [3.63, 3.8) is 0 Å². The minimum absolute atomic E-state index is 0.0897. The Morgan fingerprint density at radius 3 is 2.41 bits per heavy atom. The molecule has 1 fully saturated rings. The van der Waals surface area contributed by atoms with Crippen molar-refractivity contribution in [1.82, 2.24) is 14.8 Å². The Hall–Kier alpha value is -2.20. The Bertz CT molecular complexity index is 617. The van der Waals surface area contributed by atoms with Crippen LogP contribution in [0.2, 0.25) is 0 Å². The lowest BCUT2D eigenvalue weighted by Crippen LogP contribution is -2.48. The number of rotatable bonds is 3. The van der Waals surface area contributed by atoms with Gasteiger partial charge in [0.1, 0.15) is 0 Å². The second kappa shape index (κ2) is 6.71. The van der Waals surface area contributed by atoms with Crippen LogP contribution in [-0.2, 0) is 6.54 Å². The third-order valence-corrected chi connectivity index (χ3v) is 4.07. The molecule has 4 nitrogen and oxygen atoms in total. The molecule has 1 aromatic heterocycles. The van der Waals surface area contributed by atoms with Crippen LogP contribution in [0.1, 0.15) is 21.6 Å². The molecule has 0 bridgehead atoms. The standard InChI is InChI=1S/C18H21N3O/c1-15-7-8-17(13-19-15)18(22)21-11-9-20(10-12-21)14-16-5-3-2-4-6-16/h2-8,13H,9-12,14H2,1H3. The highest BCUT2D eigenvalue weighted by Crippen LogP contribution is 2.11. The molecule has 0 unspecified atom stereocenters. The average Bonchev–Trinajstić information content (AvgIpc) is 2.57. The summed E-state index contributed by atoms with van der Waals surface area (Å²) in [6.07, 6.45) is 1.67. The molecule has 1 aliphatic heterocycles. The molecule has 0 radical (unpaired) electrons. The van der Waals surface area contributed by atoms with Gasteiger partial charge in [-0.25, -0.2) is 0 Å². The molecule has 22 heavy (non-hydrogen) atoms. The number of benzene rings is 1. The highest BCUT2D eigenvalue weighted by molar-refractivity contribution is 5.94. The Morgan fingerprint density at radius 1 is 1.05 bits per heavy atom. The van der Waals surface area contributed by atoms with Crippen molar-refractivity contribution in [3.8, 4) is 0 Å². The van der Waals surface area contributed by atoms with E-state index in [0.717, 1.165) is 38.4 Å². The lowest BCUT2D eigenvalue weighted by molar-refractivity contribution is 0.0628. The van der Waals surface area contributed by atoms with Crippen molar-refractivity contribution < 1.29 is 4.79 Å². The van der Waals surface area contributed by atoms with Crippen molar-refractivity contribution in [2.24, 2.45) is 0 Å². The van der Waals surface area contributed by atoms with Gasteiger partial charge in [0.15, 0.2) is 0 Å². The topological polar surface area (TPSA) is 36.4 Å². The fraction of sp³-hybridized carbons (Fsp3) is 0.333. The highest BCUT2D eigenvalue weighted by atomic mass is 16.2. The van der Waals surface area contributed by atoms with Gasteiger partial charge in [-0.05, 0) is 24.6 Å². The van der Waals surface area contributed by atoms with Crippen LogP contribution in [0.5, 0.6) is 0 Å². The molecule has 1 aromatic carbocycles. The summed E-state index contributed by atoms with van der Waals surface area (Å²) in [6.45, 7) is 6.27. The third kappa shape index (κ3) is 3.52. The fourth-order valence-corrected chi connectivity index (χ4v) is 2.73. The Labute approximate surface area is 131 Å². The van der Waals surface area contributed by atoms with Crippen molar-refractivity contribution in [2.75, 3.05) is 26.2 Å². The van der Waals surface area contributed by atoms with Crippen LogP contribution >= 0.6 is 0 Å². The summed E-state index contributed by atoms with van der Waals surface area (Å²) in [4.78, 5) is 21.0. The summed E-state index contributed by atoms with van der Waals surface area (Å²) in [5, 5.41) is 0. The van der Waals surface area contributed by atoms with Gasteiger partial charge in [0.2, 0.25) is 0 Å². The molecule has 2 aromatic rings. The molecular formula is C18H21N3O. The maximum absolute atomic E-state index is 12.4. The van der Waals surface area contributed by atoms with Gasteiger partial charge in [0.25, 0.3) is 5.91 Å². The van der Waals surface area contributed by atoms with Crippen LogP contribution in [-0.4, -0.2) is 46.9 Å². The van der Waals surface area contributed by atoms with Gasteiger partial charge in [0, 0.05) is 44.6 Å². The molecule has 1 saturated heterocycles. The molecule has 4 heteroatoms. The Balaban J connectivity index is 1.55. The van der Waals surface area contributed by atoms with E-state index >= 15 is 0 Å². The Morgan fingerprint density at radius 2 is 1.77 bits per heavy atom. The van der Waals surface area contributed by atoms with Crippen molar-refractivity contribution in [2.45, 2.75) is 13.5 Å². The number of carbonyl (C=O) groups is 1. The third-order valence-electron chi connectivity index (χ3n) is 4.07. The number of hydrogen-bond donors (Lipinski definition) is 0. The molecule has 1 amide bonds. The molecule has 0 N–H and O–H groups in total. The minimum Gasteiger partial charge on any atom is -0.336 e. The first-order chi connectivity index (χ1) is 10.7. The van der Waals surface area contributed by atoms with E-state index in [-0.39, 0.29) is 5.91 Å². The largest absolute Gasteiger partial charge is 0.336 e. The molecule has 0 saturated carbocycles. The summed E-state index contributed by atoms with van der Waals surface area (Å²) in [5.74, 6) is 0.0897. The number of pyridine rings is 1. The quantitative estimate of drug-likeness (QED) is 0.872. The van der Waals surface area contributed by atoms with Crippen LogP contribution in [0.15, 0.2) is 48.7 Å². The van der Waals surface area contributed by atoms with E-state index in [1.165, 1.54) is 5.56 Å². The second-order valence-corrected chi connectivity index (χ2v) is 5.74. The minimum atomic E-state index is 0.0897. The van der Waals surface area contributed by atoms with E-state index in [1.54, 1.807) is 6.20 Å². The zero-order valence-electron chi connectivity index (χ0n) is 12.9. The van der Waals surface area contributed by atoms with E-state index in [0.29, 0.717) is 5.56 Å². The smallest absolute Gasteiger partial charge is 0.255 e. The Kier molecular flexibility index (Phi) is 4.49. The summed E-state index contributed by atoms with van der Waals surface area (Å²) < 4.78 is 0. The molecule has 3 rings (SSSR count). The normalized spacial score (nSPS) is 15.8. The van der Waals surface area contributed by atoms with Gasteiger partial charge in [0.05, 0.1) is 5.56 Å². The van der Waals surface area contributed by atoms with E-state index in [2.05, 4.69) is 34.1 Å². The maximum atomic E-state index is 12.4. The number of carbonyl (C=O) groups excluding carboxylic acids is 1. The van der Waals surface area contributed by atoms with E-state index in [9.17, 15) is 4.79 Å². The van der Waals surface area contributed by atoms with E-state index < -0.39 is 0 Å². The van der Waals surface area contributed by atoms with Crippen molar-refractivity contribution in [1.29, 1.82) is 0 Å². The summed E-state index contributed by atoms with van der Waals surface area (Å²) in [5.41, 5.74) is 2.94. The van der Waals surface area contributed by atoms with E-state index in [4.69, 9.17) is 0 Å². The average molecular weight is 295 g/mol. The number of aromatic nitrogens is 1. The van der Waals surface area contributed by atoms with Crippen LogP contribution in [0.3, 0.4) is 0 Å². The monoisotopic (exact) mass is 295 g/mol. The summed E-state index contributed by atoms with van der Waals surface area (Å²) >= 11 is 0. The van der Waals surface area contributed by atoms with Gasteiger partial charge in [-0.1, -0.05) is 30.3 Å². The number of piperazine rings is 1.